The number of carbonyl (C=O) groups excluding carboxylic acids is 1. The number of amides is 2. The fourth-order valence-electron chi connectivity index (χ4n) is 1.58. The molecule has 0 aliphatic carbocycles. The third kappa shape index (κ3) is 3.82. The Labute approximate surface area is 111 Å². The Morgan fingerprint density at radius 3 is 3.00 bits per heavy atom. The Morgan fingerprint density at radius 2 is 2.32 bits per heavy atom. The van der Waals surface area contributed by atoms with Crippen LogP contribution in [-0.4, -0.2) is 11.2 Å². The Hall–Kier alpha value is -2.34. The van der Waals surface area contributed by atoms with Gasteiger partial charge in [-0.05, 0) is 24.6 Å². The van der Waals surface area contributed by atoms with E-state index >= 15 is 0 Å². The summed E-state index contributed by atoms with van der Waals surface area (Å²) in [5.41, 5.74) is 7.45. The maximum Gasteiger partial charge on any atom is 0.319 e. The third-order valence-corrected chi connectivity index (χ3v) is 2.58. The van der Waals surface area contributed by atoms with Crippen molar-refractivity contribution in [1.82, 2.24) is 10.5 Å². The molecule has 0 spiro atoms. The van der Waals surface area contributed by atoms with Crippen molar-refractivity contribution in [3.05, 3.63) is 47.9 Å². The van der Waals surface area contributed by atoms with E-state index in [1.165, 1.54) is 6.20 Å². The van der Waals surface area contributed by atoms with Crippen LogP contribution < -0.4 is 16.4 Å². The lowest BCUT2D eigenvalue weighted by molar-refractivity contribution is 0.250. The van der Waals surface area contributed by atoms with Gasteiger partial charge in [0.25, 0.3) is 0 Å². The van der Waals surface area contributed by atoms with E-state index in [1.54, 1.807) is 12.1 Å². The number of nitrogens with zero attached hydrogens (tertiary/aromatic N) is 1. The van der Waals surface area contributed by atoms with Crippen molar-refractivity contribution in [2.45, 2.75) is 19.5 Å². The molecule has 2 aromatic rings. The number of carbonyl (C=O) groups is 1. The summed E-state index contributed by atoms with van der Waals surface area (Å²) in [6.45, 7) is 2.18. The molecule has 1 heterocycles. The van der Waals surface area contributed by atoms with Crippen LogP contribution in [0.25, 0.3) is 0 Å². The second kappa shape index (κ2) is 6.01. The molecule has 4 N–H and O–H groups in total. The van der Waals surface area contributed by atoms with Crippen LogP contribution in [0.3, 0.4) is 0 Å². The number of hydrogen-bond donors (Lipinski definition) is 3. The number of nitrogens with one attached hydrogen (secondary N) is 2. The van der Waals surface area contributed by atoms with Gasteiger partial charge in [0.05, 0.1) is 12.7 Å². The van der Waals surface area contributed by atoms with Gasteiger partial charge in [0, 0.05) is 17.8 Å². The highest BCUT2D eigenvalue weighted by Crippen LogP contribution is 2.15. The Balaban J connectivity index is 1.89. The summed E-state index contributed by atoms with van der Waals surface area (Å²) in [5.74, 6) is 0.597. The number of nitrogens with two attached hydrogens (primary N) is 1. The molecule has 6 nitrogen and oxygen atoms in total. The number of aromatic nitrogens is 1. The highest BCUT2D eigenvalue weighted by molar-refractivity contribution is 5.89. The van der Waals surface area contributed by atoms with Gasteiger partial charge < -0.3 is 20.9 Å². The predicted molar refractivity (Wildman–Crippen MR) is 71.4 cm³/mol. The monoisotopic (exact) mass is 260 g/mol. The van der Waals surface area contributed by atoms with E-state index in [0.717, 1.165) is 5.56 Å². The standard InChI is InChI=1S/C13H16N4O2/c1-9(14)10-3-2-4-11(7-10)17-13(18)15-8-12-5-6-16-19-12/h2-7,9H,8,14H2,1H3,(H2,15,17,18). The zero-order valence-corrected chi connectivity index (χ0v) is 10.6. The molecule has 1 atom stereocenters. The van der Waals surface area contributed by atoms with Crippen molar-refractivity contribution in [3.8, 4) is 0 Å². The molecule has 0 fully saturated rings. The van der Waals surface area contributed by atoms with E-state index in [2.05, 4.69) is 15.8 Å². The minimum atomic E-state index is -0.307. The molecule has 2 rings (SSSR count). The second-order valence-corrected chi connectivity index (χ2v) is 4.20. The first-order valence-electron chi connectivity index (χ1n) is 5.95. The molecule has 1 aromatic heterocycles. The van der Waals surface area contributed by atoms with Crippen LogP contribution in [0.5, 0.6) is 0 Å². The summed E-state index contributed by atoms with van der Waals surface area (Å²) in [4.78, 5) is 11.7. The van der Waals surface area contributed by atoms with Gasteiger partial charge in [0.1, 0.15) is 0 Å². The van der Waals surface area contributed by atoms with E-state index in [0.29, 0.717) is 18.0 Å². The van der Waals surface area contributed by atoms with Crippen LogP contribution in [0.1, 0.15) is 24.3 Å². The van der Waals surface area contributed by atoms with Gasteiger partial charge in [-0.3, -0.25) is 0 Å². The van der Waals surface area contributed by atoms with Gasteiger partial charge in [0.15, 0.2) is 5.76 Å². The molecule has 0 aliphatic rings. The van der Waals surface area contributed by atoms with Gasteiger partial charge in [0.2, 0.25) is 0 Å². The summed E-state index contributed by atoms with van der Waals surface area (Å²) in [6.07, 6.45) is 1.53. The van der Waals surface area contributed by atoms with E-state index in [-0.39, 0.29) is 12.1 Å². The number of urea groups is 1. The first kappa shape index (κ1) is 13.1. The molecule has 6 heteroatoms. The zero-order valence-electron chi connectivity index (χ0n) is 10.6. The molecule has 19 heavy (non-hydrogen) atoms. The molecule has 2 amide bonds. The minimum absolute atomic E-state index is 0.0704. The van der Waals surface area contributed by atoms with Crippen LogP contribution in [0.15, 0.2) is 41.1 Å². The predicted octanol–water partition coefficient (Wildman–Crippen LogP) is 2.02. The van der Waals surface area contributed by atoms with Gasteiger partial charge in [-0.15, -0.1) is 0 Å². The van der Waals surface area contributed by atoms with Crippen LogP contribution >= 0.6 is 0 Å². The lowest BCUT2D eigenvalue weighted by Gasteiger charge is -2.10. The molecule has 0 saturated carbocycles. The molecule has 100 valence electrons. The Bertz CT molecular complexity index is 537. The number of hydrogen-bond acceptors (Lipinski definition) is 4. The molecule has 1 unspecified atom stereocenters. The van der Waals surface area contributed by atoms with E-state index < -0.39 is 0 Å². The van der Waals surface area contributed by atoms with Crippen LogP contribution in [0, 0.1) is 0 Å². The van der Waals surface area contributed by atoms with Crippen LogP contribution in [-0.2, 0) is 6.54 Å². The zero-order chi connectivity index (χ0) is 13.7. The highest BCUT2D eigenvalue weighted by Gasteiger charge is 2.05. The van der Waals surface area contributed by atoms with Crippen LogP contribution in [0.4, 0.5) is 10.5 Å². The van der Waals surface area contributed by atoms with Crippen molar-refractivity contribution in [2.24, 2.45) is 5.73 Å². The van der Waals surface area contributed by atoms with Gasteiger partial charge >= 0.3 is 6.03 Å². The second-order valence-electron chi connectivity index (χ2n) is 4.20. The minimum Gasteiger partial charge on any atom is -0.360 e. The van der Waals surface area contributed by atoms with E-state index in [4.69, 9.17) is 10.3 Å². The van der Waals surface area contributed by atoms with E-state index in [1.807, 2.05) is 25.1 Å². The van der Waals surface area contributed by atoms with Crippen molar-refractivity contribution >= 4 is 11.7 Å². The average molecular weight is 260 g/mol. The summed E-state index contributed by atoms with van der Waals surface area (Å²) < 4.78 is 4.88. The number of rotatable bonds is 4. The molecule has 0 bridgehead atoms. The third-order valence-electron chi connectivity index (χ3n) is 2.58. The molecule has 0 saturated heterocycles. The normalized spacial score (nSPS) is 11.9. The van der Waals surface area contributed by atoms with Crippen molar-refractivity contribution in [1.29, 1.82) is 0 Å². The smallest absolute Gasteiger partial charge is 0.319 e. The maximum atomic E-state index is 11.7. The number of anilines is 1. The fourth-order valence-corrected chi connectivity index (χ4v) is 1.58. The van der Waals surface area contributed by atoms with Gasteiger partial charge in [-0.2, -0.15) is 0 Å². The summed E-state index contributed by atoms with van der Waals surface area (Å²) in [6, 6.07) is 8.74. The summed E-state index contributed by atoms with van der Waals surface area (Å²) in [5, 5.41) is 8.95. The topological polar surface area (TPSA) is 93.2 Å². The summed E-state index contributed by atoms with van der Waals surface area (Å²) >= 11 is 0. The van der Waals surface area contributed by atoms with Gasteiger partial charge in [-0.1, -0.05) is 17.3 Å². The van der Waals surface area contributed by atoms with Crippen LogP contribution in [0.2, 0.25) is 0 Å². The Kier molecular flexibility index (Phi) is 4.15. The lowest BCUT2D eigenvalue weighted by Crippen LogP contribution is -2.28. The molecule has 0 aliphatic heterocycles. The maximum absolute atomic E-state index is 11.7. The average Bonchev–Trinajstić information content (AvgIpc) is 2.90. The first-order valence-corrected chi connectivity index (χ1v) is 5.95. The summed E-state index contributed by atoms with van der Waals surface area (Å²) in [7, 11) is 0. The molecule has 0 radical (unpaired) electrons. The SMILES string of the molecule is CC(N)c1cccc(NC(=O)NCc2ccno2)c1. The molecule has 1 aromatic carbocycles. The van der Waals surface area contributed by atoms with E-state index in [9.17, 15) is 4.79 Å². The van der Waals surface area contributed by atoms with Gasteiger partial charge in [-0.25, -0.2) is 4.79 Å². The first-order chi connectivity index (χ1) is 9.15. The quantitative estimate of drug-likeness (QED) is 0.784. The Morgan fingerprint density at radius 1 is 1.47 bits per heavy atom. The lowest BCUT2D eigenvalue weighted by atomic mass is 10.1. The highest BCUT2D eigenvalue weighted by atomic mass is 16.5. The molecular formula is C13H16N4O2. The van der Waals surface area contributed by atoms with Crippen molar-refractivity contribution in [2.75, 3.05) is 5.32 Å². The van der Waals surface area contributed by atoms with Crippen molar-refractivity contribution in [3.63, 3.8) is 0 Å². The van der Waals surface area contributed by atoms with Crippen molar-refractivity contribution < 1.29 is 9.32 Å². The molecular weight excluding hydrogens is 244 g/mol. The number of benzene rings is 1. The largest absolute Gasteiger partial charge is 0.360 e. The fraction of sp³-hybridized carbons (Fsp3) is 0.231.